The molecule has 0 spiro atoms. The zero-order chi connectivity index (χ0) is 14.1. The van der Waals surface area contributed by atoms with Crippen molar-refractivity contribution in [3.8, 4) is 0 Å². The van der Waals surface area contributed by atoms with Crippen molar-refractivity contribution in [3.05, 3.63) is 16.1 Å². The minimum absolute atomic E-state index is 0.112. The van der Waals surface area contributed by atoms with Gasteiger partial charge in [0.05, 0.1) is 5.01 Å². The van der Waals surface area contributed by atoms with Crippen LogP contribution in [0.15, 0.2) is 6.20 Å². The fraction of sp³-hybridized carbons (Fsp3) is 0.812. The van der Waals surface area contributed by atoms with Crippen molar-refractivity contribution in [3.63, 3.8) is 0 Å². The van der Waals surface area contributed by atoms with E-state index in [1.165, 1.54) is 17.7 Å². The Hall–Kier alpha value is -0.410. The number of aliphatic hydroxyl groups excluding tert-OH is 1. The molecule has 0 amide bonds. The zero-order valence-electron chi connectivity index (χ0n) is 12.7. The van der Waals surface area contributed by atoms with Gasteiger partial charge in [0.25, 0.3) is 0 Å². The van der Waals surface area contributed by atoms with Crippen molar-refractivity contribution in [2.24, 2.45) is 16.7 Å². The molecular formula is C16H27NOS. The maximum absolute atomic E-state index is 9.88. The molecule has 0 unspecified atom stereocenters. The summed E-state index contributed by atoms with van der Waals surface area (Å²) in [4.78, 5) is 5.67. The van der Waals surface area contributed by atoms with Crippen LogP contribution in [0.1, 0.15) is 56.3 Å². The highest BCUT2D eigenvalue weighted by Crippen LogP contribution is 2.47. The van der Waals surface area contributed by atoms with Crippen molar-refractivity contribution < 1.29 is 5.11 Å². The monoisotopic (exact) mass is 281 g/mol. The van der Waals surface area contributed by atoms with Crippen molar-refractivity contribution in [1.82, 2.24) is 4.98 Å². The maximum Gasteiger partial charge on any atom is 0.0896 e. The highest BCUT2D eigenvalue weighted by atomic mass is 32.1. The molecule has 0 aliphatic heterocycles. The van der Waals surface area contributed by atoms with Gasteiger partial charge < -0.3 is 5.11 Å². The van der Waals surface area contributed by atoms with Crippen molar-refractivity contribution >= 4 is 11.3 Å². The smallest absolute Gasteiger partial charge is 0.0896 e. The quantitative estimate of drug-likeness (QED) is 0.900. The molecule has 1 saturated carbocycles. The molecule has 1 aromatic rings. The van der Waals surface area contributed by atoms with E-state index < -0.39 is 0 Å². The summed E-state index contributed by atoms with van der Waals surface area (Å²) in [5.41, 5.74) is 0.517. The Morgan fingerprint density at radius 1 is 1.37 bits per heavy atom. The van der Waals surface area contributed by atoms with Crippen LogP contribution in [0.25, 0.3) is 0 Å². The molecule has 0 saturated heterocycles. The molecule has 0 atom stereocenters. The molecule has 108 valence electrons. The van der Waals surface area contributed by atoms with E-state index in [9.17, 15) is 5.11 Å². The van der Waals surface area contributed by atoms with Gasteiger partial charge in [-0.05, 0) is 55.8 Å². The molecule has 1 aliphatic carbocycles. The highest BCUT2D eigenvalue weighted by molar-refractivity contribution is 7.11. The topological polar surface area (TPSA) is 33.1 Å². The molecule has 1 fully saturated rings. The van der Waals surface area contributed by atoms with E-state index in [2.05, 4.69) is 32.7 Å². The van der Waals surface area contributed by atoms with Gasteiger partial charge in [0.2, 0.25) is 0 Å². The van der Waals surface area contributed by atoms with Gasteiger partial charge in [-0.2, -0.15) is 0 Å². The summed E-state index contributed by atoms with van der Waals surface area (Å²) in [7, 11) is 0. The lowest BCUT2D eigenvalue weighted by Gasteiger charge is -2.43. The molecular weight excluding hydrogens is 254 g/mol. The molecule has 1 aliphatic rings. The number of nitrogens with zero attached hydrogens (tertiary/aromatic N) is 1. The van der Waals surface area contributed by atoms with Gasteiger partial charge in [-0.3, -0.25) is 0 Å². The molecule has 1 N–H and O–H groups in total. The second-order valence-electron chi connectivity index (χ2n) is 7.32. The predicted molar refractivity (Wildman–Crippen MR) is 81.5 cm³/mol. The SMILES string of the molecule is Cc1ncc(CC2(CO)CCC(C(C)(C)C)CC2)s1. The average Bonchev–Trinajstić information content (AvgIpc) is 2.74. The lowest BCUT2D eigenvalue weighted by molar-refractivity contribution is 0.0374. The summed E-state index contributed by atoms with van der Waals surface area (Å²) in [6.07, 6.45) is 7.81. The Balaban J connectivity index is 2.02. The summed E-state index contributed by atoms with van der Waals surface area (Å²) < 4.78 is 0. The fourth-order valence-corrected chi connectivity index (χ4v) is 4.31. The second kappa shape index (κ2) is 5.53. The van der Waals surface area contributed by atoms with Crippen molar-refractivity contribution in [2.45, 2.75) is 59.8 Å². The first-order valence-corrected chi connectivity index (χ1v) is 8.18. The van der Waals surface area contributed by atoms with Crippen LogP contribution < -0.4 is 0 Å². The maximum atomic E-state index is 9.88. The van der Waals surface area contributed by atoms with Crippen LogP contribution >= 0.6 is 11.3 Å². The van der Waals surface area contributed by atoms with E-state index in [4.69, 9.17) is 0 Å². The minimum Gasteiger partial charge on any atom is -0.396 e. The van der Waals surface area contributed by atoms with Gasteiger partial charge in [0, 0.05) is 17.7 Å². The fourth-order valence-electron chi connectivity index (χ4n) is 3.34. The standard InChI is InChI=1S/C16H27NOS/c1-12-17-10-14(19-12)9-16(11-18)7-5-13(6-8-16)15(2,3)4/h10,13,18H,5-9,11H2,1-4H3. The Labute approximate surface area is 121 Å². The van der Waals surface area contributed by atoms with Gasteiger partial charge in [0.15, 0.2) is 0 Å². The number of thiazole rings is 1. The second-order valence-corrected chi connectivity index (χ2v) is 8.64. The van der Waals surface area contributed by atoms with Gasteiger partial charge in [-0.15, -0.1) is 11.3 Å². The molecule has 19 heavy (non-hydrogen) atoms. The van der Waals surface area contributed by atoms with Crippen LogP contribution in [-0.2, 0) is 6.42 Å². The molecule has 0 bridgehead atoms. The Kier molecular flexibility index (Phi) is 4.36. The van der Waals surface area contributed by atoms with E-state index in [1.54, 1.807) is 11.3 Å². The average molecular weight is 281 g/mol. The van der Waals surface area contributed by atoms with E-state index in [0.717, 1.165) is 30.2 Å². The third-order valence-corrected chi connectivity index (χ3v) is 5.74. The summed E-state index contributed by atoms with van der Waals surface area (Å²) in [5, 5.41) is 11.0. The van der Waals surface area contributed by atoms with E-state index in [-0.39, 0.29) is 5.41 Å². The van der Waals surface area contributed by atoms with Gasteiger partial charge in [-0.25, -0.2) is 4.98 Å². The first-order valence-electron chi connectivity index (χ1n) is 7.37. The number of hydrogen-bond donors (Lipinski definition) is 1. The van der Waals surface area contributed by atoms with Crippen LogP contribution in [0.2, 0.25) is 0 Å². The summed E-state index contributed by atoms with van der Waals surface area (Å²) in [6, 6.07) is 0. The van der Waals surface area contributed by atoms with E-state index in [1.807, 2.05) is 6.20 Å². The van der Waals surface area contributed by atoms with Gasteiger partial charge in [0.1, 0.15) is 0 Å². The normalized spacial score (nSPS) is 28.6. The predicted octanol–water partition coefficient (Wildman–Crippen LogP) is 4.21. The van der Waals surface area contributed by atoms with Crippen LogP contribution in [0.3, 0.4) is 0 Å². The molecule has 1 aromatic heterocycles. The Morgan fingerprint density at radius 2 is 2.00 bits per heavy atom. The molecule has 2 rings (SSSR count). The lowest BCUT2D eigenvalue weighted by atomic mass is 9.63. The van der Waals surface area contributed by atoms with Crippen molar-refractivity contribution in [2.75, 3.05) is 6.61 Å². The molecule has 2 nitrogen and oxygen atoms in total. The Bertz CT molecular complexity index is 411. The molecule has 1 heterocycles. The first kappa shape index (κ1) is 15.0. The van der Waals surface area contributed by atoms with Gasteiger partial charge in [-0.1, -0.05) is 20.8 Å². The van der Waals surface area contributed by atoms with Crippen molar-refractivity contribution in [1.29, 1.82) is 0 Å². The van der Waals surface area contributed by atoms with E-state index in [0.29, 0.717) is 12.0 Å². The van der Waals surface area contributed by atoms with Crippen LogP contribution in [0.4, 0.5) is 0 Å². The molecule has 0 radical (unpaired) electrons. The highest BCUT2D eigenvalue weighted by Gasteiger charge is 2.38. The van der Waals surface area contributed by atoms with E-state index >= 15 is 0 Å². The van der Waals surface area contributed by atoms with Crippen LogP contribution in [0, 0.1) is 23.7 Å². The third kappa shape index (κ3) is 3.57. The number of aromatic nitrogens is 1. The number of rotatable bonds is 3. The largest absolute Gasteiger partial charge is 0.396 e. The minimum atomic E-state index is 0.112. The number of aliphatic hydroxyl groups is 1. The molecule has 0 aromatic carbocycles. The zero-order valence-corrected chi connectivity index (χ0v) is 13.5. The third-order valence-electron chi connectivity index (χ3n) is 4.82. The van der Waals surface area contributed by atoms with Crippen LogP contribution in [0.5, 0.6) is 0 Å². The molecule has 3 heteroatoms. The summed E-state index contributed by atoms with van der Waals surface area (Å²) >= 11 is 1.78. The summed E-state index contributed by atoms with van der Waals surface area (Å²) in [5.74, 6) is 0.801. The first-order chi connectivity index (χ1) is 8.85. The Morgan fingerprint density at radius 3 is 2.42 bits per heavy atom. The summed E-state index contributed by atoms with van der Waals surface area (Å²) in [6.45, 7) is 9.40. The van der Waals surface area contributed by atoms with Gasteiger partial charge >= 0.3 is 0 Å². The number of aryl methyl sites for hydroxylation is 1. The lowest BCUT2D eigenvalue weighted by Crippen LogP contribution is -2.36. The number of hydrogen-bond acceptors (Lipinski definition) is 3. The van der Waals surface area contributed by atoms with Crippen LogP contribution in [-0.4, -0.2) is 16.7 Å².